The molecule has 0 radical (unpaired) electrons. The molecule has 1 amide bonds. The fourth-order valence-corrected chi connectivity index (χ4v) is 4.52. The minimum atomic E-state index is -0.702. The Morgan fingerprint density at radius 3 is 2.41 bits per heavy atom. The summed E-state index contributed by atoms with van der Waals surface area (Å²) in [6, 6.07) is 4.19. The van der Waals surface area contributed by atoms with Gasteiger partial charge in [-0.05, 0) is 64.5 Å². The average Bonchev–Trinajstić information content (AvgIpc) is 3.54. The molecule has 10 heteroatoms. The van der Waals surface area contributed by atoms with Crippen LogP contribution in [0.5, 0.6) is 0 Å². The lowest BCUT2D eigenvalue weighted by molar-refractivity contribution is -0.126. The van der Waals surface area contributed by atoms with Gasteiger partial charge in [0.25, 0.3) is 0 Å². The zero-order valence-corrected chi connectivity index (χ0v) is 19.3. The molecule has 0 atom stereocenters. The van der Waals surface area contributed by atoms with Gasteiger partial charge in [-0.2, -0.15) is 4.98 Å². The van der Waals surface area contributed by atoms with Crippen molar-refractivity contribution in [3.05, 3.63) is 36.0 Å². The van der Waals surface area contributed by atoms with Crippen LogP contribution in [0.15, 0.2) is 24.4 Å². The van der Waals surface area contributed by atoms with E-state index < -0.39 is 11.6 Å². The van der Waals surface area contributed by atoms with Gasteiger partial charge in [0.15, 0.2) is 5.65 Å². The molecule has 5 rings (SSSR count). The number of aromatic nitrogens is 4. The molecule has 0 aliphatic heterocycles. The molecule has 0 unspecified atom stereocenters. The van der Waals surface area contributed by atoms with E-state index in [9.17, 15) is 13.6 Å². The van der Waals surface area contributed by atoms with Gasteiger partial charge in [0.05, 0.1) is 6.20 Å². The van der Waals surface area contributed by atoms with E-state index in [4.69, 9.17) is 0 Å². The number of hydrogen-bond donors (Lipinski definition) is 3. The van der Waals surface area contributed by atoms with Crippen LogP contribution < -0.4 is 16.0 Å². The second-order valence-corrected chi connectivity index (χ2v) is 9.52. The molecule has 3 N–H and O–H groups in total. The molecule has 0 saturated heterocycles. The summed E-state index contributed by atoms with van der Waals surface area (Å²) in [5.74, 6) is -0.515. The summed E-state index contributed by atoms with van der Waals surface area (Å²) < 4.78 is 30.7. The van der Waals surface area contributed by atoms with Crippen LogP contribution in [0, 0.1) is 17.6 Å². The Labute approximate surface area is 196 Å². The van der Waals surface area contributed by atoms with Crippen molar-refractivity contribution in [1.29, 1.82) is 0 Å². The van der Waals surface area contributed by atoms with Gasteiger partial charge in [-0.1, -0.05) is 6.07 Å². The highest BCUT2D eigenvalue weighted by atomic mass is 19.1. The Bertz CT molecular complexity index is 1180. The van der Waals surface area contributed by atoms with Crippen LogP contribution >= 0.6 is 0 Å². The van der Waals surface area contributed by atoms with E-state index >= 15 is 0 Å². The number of imidazole rings is 1. The van der Waals surface area contributed by atoms with Crippen LogP contribution in [-0.4, -0.2) is 37.5 Å². The van der Waals surface area contributed by atoms with E-state index in [1.54, 1.807) is 6.20 Å². The standard InChI is InChI=1S/C24H29F2N7O/c1-13(2)28-23-27-12-19-21(32-23)33(24(30-19)31-20-17(25)4-3-5-18(20)26)16-10-6-14(7-11-16)22(34)29-15-8-9-15/h3-5,12-16H,6-11H2,1-2H3,(H,29,34)(H,30,31)(H,27,28,32)/t14-,16+. The van der Waals surface area contributed by atoms with Crippen molar-refractivity contribution in [3.63, 3.8) is 0 Å². The Morgan fingerprint density at radius 1 is 1.06 bits per heavy atom. The van der Waals surface area contributed by atoms with Crippen molar-refractivity contribution in [2.45, 2.75) is 70.5 Å². The average molecular weight is 470 g/mol. The van der Waals surface area contributed by atoms with Crippen molar-refractivity contribution in [1.82, 2.24) is 24.8 Å². The van der Waals surface area contributed by atoms with Crippen molar-refractivity contribution >= 4 is 34.7 Å². The maximum atomic E-state index is 14.4. The molecule has 3 aromatic rings. The van der Waals surface area contributed by atoms with Crippen molar-refractivity contribution in [2.24, 2.45) is 5.92 Å². The van der Waals surface area contributed by atoms with Crippen LogP contribution in [0.1, 0.15) is 58.4 Å². The number of carbonyl (C=O) groups excluding carboxylic acids is 1. The molecule has 180 valence electrons. The van der Waals surface area contributed by atoms with E-state index in [0.717, 1.165) is 38.5 Å². The first kappa shape index (κ1) is 22.5. The monoisotopic (exact) mass is 469 g/mol. The Morgan fingerprint density at radius 2 is 1.76 bits per heavy atom. The van der Waals surface area contributed by atoms with Crippen molar-refractivity contribution < 1.29 is 13.6 Å². The summed E-state index contributed by atoms with van der Waals surface area (Å²) in [6.07, 6.45) is 6.68. The van der Waals surface area contributed by atoms with Crippen LogP contribution in [0.4, 0.5) is 26.4 Å². The molecule has 34 heavy (non-hydrogen) atoms. The maximum Gasteiger partial charge on any atom is 0.224 e. The third-order valence-electron chi connectivity index (χ3n) is 6.41. The number of halogens is 2. The first-order valence-corrected chi connectivity index (χ1v) is 11.9. The zero-order chi connectivity index (χ0) is 23.8. The third-order valence-corrected chi connectivity index (χ3v) is 6.41. The van der Waals surface area contributed by atoms with E-state index in [2.05, 4.69) is 30.9 Å². The molecule has 0 spiro atoms. The van der Waals surface area contributed by atoms with Gasteiger partial charge >= 0.3 is 0 Å². The lowest BCUT2D eigenvalue weighted by Gasteiger charge is -2.30. The smallest absolute Gasteiger partial charge is 0.224 e. The van der Waals surface area contributed by atoms with E-state index in [1.807, 2.05) is 18.4 Å². The summed E-state index contributed by atoms with van der Waals surface area (Å²) >= 11 is 0. The fourth-order valence-electron chi connectivity index (χ4n) is 4.52. The number of anilines is 3. The number of amides is 1. The summed E-state index contributed by atoms with van der Waals surface area (Å²) in [5.41, 5.74) is 0.857. The number of nitrogens with one attached hydrogen (secondary N) is 3. The number of benzene rings is 1. The molecular weight excluding hydrogens is 440 g/mol. The first-order chi connectivity index (χ1) is 16.4. The number of rotatable bonds is 7. The van der Waals surface area contributed by atoms with Crippen LogP contribution in [0.3, 0.4) is 0 Å². The molecule has 2 aliphatic rings. The number of nitrogens with zero attached hydrogens (tertiary/aromatic N) is 4. The molecular formula is C24H29F2N7O. The summed E-state index contributed by atoms with van der Waals surface area (Å²) in [5, 5.41) is 9.15. The fraction of sp³-hybridized carbons (Fsp3) is 0.500. The normalized spacial score (nSPS) is 20.5. The molecule has 2 fully saturated rings. The van der Waals surface area contributed by atoms with E-state index in [1.165, 1.54) is 18.2 Å². The Kier molecular flexibility index (Phi) is 6.05. The quantitative estimate of drug-likeness (QED) is 0.465. The number of carbonyl (C=O) groups is 1. The second-order valence-electron chi connectivity index (χ2n) is 9.52. The molecule has 2 saturated carbocycles. The van der Waals surface area contributed by atoms with Gasteiger partial charge in [0, 0.05) is 24.0 Å². The largest absolute Gasteiger partial charge is 0.353 e. The van der Waals surface area contributed by atoms with Crippen LogP contribution in [0.2, 0.25) is 0 Å². The van der Waals surface area contributed by atoms with Gasteiger partial charge in [-0.15, -0.1) is 0 Å². The number of fused-ring (bicyclic) bond motifs is 1. The van der Waals surface area contributed by atoms with Gasteiger partial charge in [0.2, 0.25) is 17.8 Å². The Hall–Kier alpha value is -3.30. The molecule has 0 bridgehead atoms. The molecule has 8 nitrogen and oxygen atoms in total. The van der Waals surface area contributed by atoms with E-state index in [-0.39, 0.29) is 29.6 Å². The molecule has 1 aromatic carbocycles. The molecule has 2 heterocycles. The van der Waals surface area contributed by atoms with E-state index in [0.29, 0.717) is 29.1 Å². The maximum absolute atomic E-state index is 14.4. The lowest BCUT2D eigenvalue weighted by atomic mass is 9.85. The van der Waals surface area contributed by atoms with Gasteiger partial charge in [-0.3, -0.25) is 9.36 Å². The van der Waals surface area contributed by atoms with Gasteiger partial charge in [0.1, 0.15) is 22.8 Å². The third kappa shape index (κ3) is 4.67. The predicted octanol–water partition coefficient (Wildman–Crippen LogP) is 4.68. The van der Waals surface area contributed by atoms with Crippen LogP contribution in [-0.2, 0) is 4.79 Å². The SMILES string of the molecule is CC(C)Nc1ncc2nc(Nc3c(F)cccc3F)n([C@H]3CC[C@@H](C(=O)NC4CC4)CC3)c2n1. The Balaban J connectivity index is 1.47. The summed E-state index contributed by atoms with van der Waals surface area (Å²) in [6.45, 7) is 3.99. The molecule has 2 aliphatic carbocycles. The first-order valence-electron chi connectivity index (χ1n) is 11.9. The summed E-state index contributed by atoms with van der Waals surface area (Å²) in [7, 11) is 0. The zero-order valence-electron chi connectivity index (χ0n) is 19.3. The predicted molar refractivity (Wildman–Crippen MR) is 126 cm³/mol. The minimum Gasteiger partial charge on any atom is -0.353 e. The topological polar surface area (TPSA) is 96.8 Å². The highest BCUT2D eigenvalue weighted by Gasteiger charge is 2.33. The summed E-state index contributed by atoms with van der Waals surface area (Å²) in [4.78, 5) is 26.1. The lowest BCUT2D eigenvalue weighted by Crippen LogP contribution is -2.35. The number of para-hydroxylation sites is 1. The molecule has 2 aromatic heterocycles. The number of hydrogen-bond acceptors (Lipinski definition) is 6. The van der Waals surface area contributed by atoms with Crippen molar-refractivity contribution in [2.75, 3.05) is 10.6 Å². The minimum absolute atomic E-state index is 0.0140. The highest BCUT2D eigenvalue weighted by molar-refractivity contribution is 5.79. The van der Waals surface area contributed by atoms with Gasteiger partial charge in [-0.25, -0.2) is 18.7 Å². The van der Waals surface area contributed by atoms with Crippen LogP contribution in [0.25, 0.3) is 11.2 Å². The van der Waals surface area contributed by atoms with Crippen molar-refractivity contribution in [3.8, 4) is 0 Å². The second kappa shape index (κ2) is 9.15. The van der Waals surface area contributed by atoms with Gasteiger partial charge < -0.3 is 16.0 Å². The highest BCUT2D eigenvalue weighted by Crippen LogP contribution is 2.38.